The van der Waals surface area contributed by atoms with Crippen LogP contribution in [0, 0.1) is 48.3 Å². The first-order valence-electron chi connectivity index (χ1n) is 23.8. The zero-order valence-electron chi connectivity index (χ0n) is 40.1. The molecule has 2 N–H and O–H groups in total. The van der Waals surface area contributed by atoms with Gasteiger partial charge >= 0.3 is 11.9 Å². The number of aliphatic carboxylic acids is 2. The normalized spacial score (nSPS) is 16.0. The average molecular weight is 1010 g/mol. The number of piperidine rings is 2. The molecule has 2 aromatic heterocycles. The Balaban J connectivity index is 0.993. The number of pyridine rings is 2. The van der Waals surface area contributed by atoms with Gasteiger partial charge in [-0.15, -0.1) is 0 Å². The van der Waals surface area contributed by atoms with Crippen molar-refractivity contribution in [2.45, 2.75) is 79.0 Å². The van der Waals surface area contributed by atoms with Gasteiger partial charge in [0, 0.05) is 85.4 Å². The van der Waals surface area contributed by atoms with Crippen molar-refractivity contribution in [3.63, 3.8) is 0 Å². The molecule has 16 heteroatoms. The van der Waals surface area contributed by atoms with Crippen LogP contribution in [0.5, 0.6) is 23.0 Å². The number of rotatable bonds is 19. The van der Waals surface area contributed by atoms with Crippen molar-refractivity contribution in [1.29, 1.82) is 10.5 Å². The molecule has 0 spiro atoms. The maximum absolute atomic E-state index is 11.9. The van der Waals surface area contributed by atoms with E-state index in [-0.39, 0.29) is 26.4 Å². The molecular formula is C56H54Cl2N6O8. The van der Waals surface area contributed by atoms with Crippen LogP contribution >= 0.6 is 23.2 Å². The number of carboxylic acid groups (broad SMARTS) is 2. The third-order valence-electron chi connectivity index (χ3n) is 13.3. The summed E-state index contributed by atoms with van der Waals surface area (Å²) in [6.45, 7) is 8.01. The smallest absolute Gasteiger partial charge is 0.307 e. The quantitative estimate of drug-likeness (QED) is 0.0779. The van der Waals surface area contributed by atoms with E-state index in [0.29, 0.717) is 94.3 Å². The molecule has 2 atom stereocenters. The van der Waals surface area contributed by atoms with Gasteiger partial charge in [-0.3, -0.25) is 29.4 Å². The van der Waals surface area contributed by atoms with Crippen LogP contribution in [0.25, 0.3) is 11.1 Å². The Kier molecular flexibility index (Phi) is 16.9. The molecule has 72 heavy (non-hydrogen) atoms. The van der Waals surface area contributed by atoms with E-state index in [9.17, 15) is 30.3 Å². The first kappa shape index (κ1) is 51.2. The molecule has 0 amide bonds. The van der Waals surface area contributed by atoms with Crippen molar-refractivity contribution >= 4 is 35.1 Å². The molecular weight excluding hydrogens is 956 g/mol. The topological polar surface area (TPSA) is 191 Å². The van der Waals surface area contributed by atoms with Gasteiger partial charge in [0.25, 0.3) is 0 Å². The fraction of sp³-hybridized carbons (Fsp3) is 0.321. The standard InChI is InChI=1S/C56H54Cl2N6O8/c1-35-43(33-71-53-19-51(69-31-39-15-37(21-59)23-61-25-39)45(17-49(53)57)29-63-13-5-9-41(27-63)55(65)66)7-3-11-47(35)48-12-4-8-44(36(48)2)34-72-54-20-52(70-32-40-16-38(22-60)24-62-26-40)46(18-50(54)58)30-64-14-6-10-42(28-64)56(67)68/h3-4,7-8,11-12,15-20,23-26,41-42H,5-6,9-10,13-14,27-34H2,1-2H3,(H,65,66)(H,67,68). The molecule has 0 saturated carbocycles. The predicted octanol–water partition coefficient (Wildman–Crippen LogP) is 10.7. The van der Waals surface area contributed by atoms with Crippen molar-refractivity contribution in [3.05, 3.63) is 163 Å². The van der Waals surface area contributed by atoms with E-state index in [1.165, 1.54) is 12.4 Å². The summed E-state index contributed by atoms with van der Waals surface area (Å²) in [5, 5.41) is 39.1. The molecule has 370 valence electrons. The number of ether oxygens (including phenoxy) is 4. The van der Waals surface area contributed by atoms with Gasteiger partial charge in [0.1, 0.15) is 61.6 Å². The largest absolute Gasteiger partial charge is 0.488 e. The van der Waals surface area contributed by atoms with Crippen LogP contribution in [0.4, 0.5) is 0 Å². The Hall–Kier alpha value is -7.20. The van der Waals surface area contributed by atoms with Crippen molar-refractivity contribution in [1.82, 2.24) is 19.8 Å². The maximum atomic E-state index is 11.9. The zero-order chi connectivity index (χ0) is 50.7. The summed E-state index contributed by atoms with van der Waals surface area (Å²) in [6.07, 6.45) is 9.09. The van der Waals surface area contributed by atoms with E-state index < -0.39 is 23.8 Å². The lowest BCUT2D eigenvalue weighted by molar-refractivity contribution is -0.144. The molecule has 14 nitrogen and oxygen atoms in total. The summed E-state index contributed by atoms with van der Waals surface area (Å²) in [4.78, 5) is 36.3. The molecule has 0 aliphatic carbocycles. The number of nitrogens with zero attached hydrogens (tertiary/aromatic N) is 6. The number of benzene rings is 4. The molecule has 2 saturated heterocycles. The Bertz CT molecular complexity index is 2840. The van der Waals surface area contributed by atoms with Gasteiger partial charge in [-0.05, 0) is 110 Å². The van der Waals surface area contributed by atoms with Crippen LogP contribution in [0.1, 0.15) is 81.3 Å². The third-order valence-corrected chi connectivity index (χ3v) is 13.9. The molecule has 4 heterocycles. The van der Waals surface area contributed by atoms with Crippen LogP contribution in [0.3, 0.4) is 0 Å². The van der Waals surface area contributed by atoms with Crippen molar-refractivity contribution in [3.8, 4) is 46.3 Å². The van der Waals surface area contributed by atoms with Crippen LogP contribution in [0.2, 0.25) is 10.0 Å². The SMILES string of the molecule is Cc1c(COc2cc(OCc3cncc(C#N)c3)c(CN3CCCC(C(=O)O)C3)cc2Cl)cccc1-c1cccc(COc2cc(OCc3cncc(C#N)c3)c(CN3CCCC(C(=O)O)C3)cc2Cl)c1C. The lowest BCUT2D eigenvalue weighted by atomic mass is 9.92. The summed E-state index contributed by atoms with van der Waals surface area (Å²) in [7, 11) is 0. The van der Waals surface area contributed by atoms with Gasteiger partial charge in [-0.25, -0.2) is 0 Å². The Labute approximate surface area is 428 Å². The summed E-state index contributed by atoms with van der Waals surface area (Å²) in [6, 6.07) is 27.0. The molecule has 8 rings (SSSR count). The Morgan fingerprint density at radius 1 is 0.597 bits per heavy atom. The van der Waals surface area contributed by atoms with Gasteiger partial charge in [-0.1, -0.05) is 59.6 Å². The van der Waals surface area contributed by atoms with E-state index in [0.717, 1.165) is 70.4 Å². The average Bonchev–Trinajstić information content (AvgIpc) is 3.38. The number of halogens is 2. The second-order valence-corrected chi connectivity index (χ2v) is 19.1. The van der Waals surface area contributed by atoms with Crippen molar-refractivity contribution < 1.29 is 38.7 Å². The third kappa shape index (κ3) is 12.8. The first-order chi connectivity index (χ1) is 34.8. The number of hydrogen-bond acceptors (Lipinski definition) is 12. The van der Waals surface area contributed by atoms with Crippen molar-refractivity contribution in [2.75, 3.05) is 26.2 Å². The minimum atomic E-state index is -0.802. The van der Waals surface area contributed by atoms with Gasteiger partial charge in [0.05, 0.1) is 33.0 Å². The summed E-state index contributed by atoms with van der Waals surface area (Å²) in [5.41, 5.74) is 9.82. The highest BCUT2D eigenvalue weighted by molar-refractivity contribution is 6.32. The lowest BCUT2D eigenvalue weighted by Gasteiger charge is -2.31. The first-order valence-corrected chi connectivity index (χ1v) is 24.5. The summed E-state index contributed by atoms with van der Waals surface area (Å²) < 4.78 is 25.6. The zero-order valence-corrected chi connectivity index (χ0v) is 41.6. The fourth-order valence-electron chi connectivity index (χ4n) is 9.32. The summed E-state index contributed by atoms with van der Waals surface area (Å²) >= 11 is 13.9. The van der Waals surface area contributed by atoms with E-state index in [1.807, 2.05) is 36.4 Å². The van der Waals surface area contributed by atoms with Crippen LogP contribution in [-0.4, -0.2) is 68.1 Å². The van der Waals surface area contributed by atoms with Gasteiger partial charge < -0.3 is 29.2 Å². The Morgan fingerprint density at radius 3 is 1.42 bits per heavy atom. The molecule has 4 aromatic carbocycles. The van der Waals surface area contributed by atoms with Crippen LogP contribution in [0.15, 0.2) is 97.6 Å². The van der Waals surface area contributed by atoms with E-state index >= 15 is 0 Å². The molecule has 2 fully saturated rings. The van der Waals surface area contributed by atoms with Gasteiger partial charge in [0.2, 0.25) is 0 Å². The molecule has 2 aliphatic rings. The van der Waals surface area contributed by atoms with Crippen LogP contribution < -0.4 is 18.9 Å². The molecule has 6 aromatic rings. The maximum Gasteiger partial charge on any atom is 0.307 e. The number of nitriles is 2. The van der Waals surface area contributed by atoms with E-state index in [4.69, 9.17) is 42.1 Å². The molecule has 2 aliphatic heterocycles. The molecule has 2 unspecified atom stereocenters. The number of aromatic nitrogens is 2. The number of hydrogen-bond donors (Lipinski definition) is 2. The second kappa shape index (κ2) is 23.8. The van der Waals surface area contributed by atoms with E-state index in [1.54, 1.807) is 36.7 Å². The number of carbonyl (C=O) groups is 2. The highest BCUT2D eigenvalue weighted by Gasteiger charge is 2.28. The minimum Gasteiger partial charge on any atom is -0.488 e. The predicted molar refractivity (Wildman–Crippen MR) is 271 cm³/mol. The monoisotopic (exact) mass is 1010 g/mol. The molecule has 0 bridgehead atoms. The Morgan fingerprint density at radius 2 is 1.01 bits per heavy atom. The van der Waals surface area contributed by atoms with Gasteiger partial charge in [0.15, 0.2) is 0 Å². The lowest BCUT2D eigenvalue weighted by Crippen LogP contribution is -2.38. The molecule has 0 radical (unpaired) electrons. The fourth-order valence-corrected chi connectivity index (χ4v) is 9.81. The number of carboxylic acids is 2. The highest BCUT2D eigenvalue weighted by Crippen LogP contribution is 2.39. The van der Waals surface area contributed by atoms with Crippen molar-refractivity contribution in [2.24, 2.45) is 11.8 Å². The summed E-state index contributed by atoms with van der Waals surface area (Å²) in [5.74, 6) is -0.594. The van der Waals surface area contributed by atoms with E-state index in [2.05, 4.69) is 57.9 Å². The van der Waals surface area contributed by atoms with Crippen LogP contribution in [-0.2, 0) is 49.1 Å². The highest BCUT2D eigenvalue weighted by atomic mass is 35.5. The van der Waals surface area contributed by atoms with Gasteiger partial charge in [-0.2, -0.15) is 10.5 Å². The minimum absolute atomic E-state index is 0.142. The number of likely N-dealkylation sites (tertiary alicyclic amines) is 2. The second-order valence-electron chi connectivity index (χ2n) is 18.3.